The second-order valence-electron chi connectivity index (χ2n) is 6.81. The molecule has 23 heavy (non-hydrogen) atoms. The van der Waals surface area contributed by atoms with Gasteiger partial charge in [0.15, 0.2) is 0 Å². The van der Waals surface area contributed by atoms with Gasteiger partial charge in [0.2, 0.25) is 11.8 Å². The molecular formula is C19H27NO3. The molecule has 0 spiro atoms. The van der Waals surface area contributed by atoms with Crippen LogP contribution in [0.2, 0.25) is 0 Å². The van der Waals surface area contributed by atoms with Gasteiger partial charge in [-0.3, -0.25) is 14.5 Å². The van der Waals surface area contributed by atoms with Crippen LogP contribution in [0.4, 0.5) is 0 Å². The van der Waals surface area contributed by atoms with E-state index in [0.29, 0.717) is 31.2 Å². The molecule has 0 bridgehead atoms. The number of nitrogens with zero attached hydrogens (tertiary/aromatic N) is 1. The molecular weight excluding hydrogens is 290 g/mol. The summed E-state index contributed by atoms with van der Waals surface area (Å²) in [7, 11) is 0. The van der Waals surface area contributed by atoms with Crippen molar-refractivity contribution in [2.24, 2.45) is 5.92 Å². The van der Waals surface area contributed by atoms with Crippen molar-refractivity contribution in [3.8, 4) is 5.75 Å². The van der Waals surface area contributed by atoms with Crippen molar-refractivity contribution >= 4 is 11.8 Å². The molecule has 0 aliphatic carbocycles. The zero-order chi connectivity index (χ0) is 17.0. The van der Waals surface area contributed by atoms with Gasteiger partial charge in [0.25, 0.3) is 0 Å². The van der Waals surface area contributed by atoms with Crippen molar-refractivity contribution < 1.29 is 14.3 Å². The quantitative estimate of drug-likeness (QED) is 0.720. The highest BCUT2D eigenvalue weighted by molar-refractivity contribution is 6.01. The third kappa shape index (κ3) is 4.57. The first kappa shape index (κ1) is 17.5. The Kier molecular flexibility index (Phi) is 5.80. The highest BCUT2D eigenvalue weighted by atomic mass is 16.5. The Morgan fingerprint density at radius 2 is 1.57 bits per heavy atom. The lowest BCUT2D eigenvalue weighted by molar-refractivity contribution is -0.138. The van der Waals surface area contributed by atoms with E-state index in [1.165, 1.54) is 10.5 Å². The van der Waals surface area contributed by atoms with Crippen molar-refractivity contribution in [2.45, 2.75) is 59.0 Å². The van der Waals surface area contributed by atoms with Gasteiger partial charge in [-0.1, -0.05) is 26.0 Å². The van der Waals surface area contributed by atoms with Gasteiger partial charge < -0.3 is 4.74 Å². The number of imide groups is 1. The van der Waals surface area contributed by atoms with Crippen LogP contribution >= 0.6 is 0 Å². The molecule has 1 heterocycles. The van der Waals surface area contributed by atoms with E-state index in [4.69, 9.17) is 4.74 Å². The molecule has 0 saturated carbocycles. The summed E-state index contributed by atoms with van der Waals surface area (Å²) in [4.78, 5) is 24.9. The second-order valence-corrected chi connectivity index (χ2v) is 6.81. The predicted octanol–water partition coefficient (Wildman–Crippen LogP) is 3.75. The van der Waals surface area contributed by atoms with Crippen LogP contribution in [0, 0.1) is 5.92 Å². The Morgan fingerprint density at radius 1 is 1.00 bits per heavy atom. The van der Waals surface area contributed by atoms with Crippen LogP contribution in [0.1, 0.15) is 58.4 Å². The zero-order valence-electron chi connectivity index (χ0n) is 14.5. The van der Waals surface area contributed by atoms with Gasteiger partial charge in [-0.05, 0) is 49.8 Å². The first-order valence-electron chi connectivity index (χ1n) is 8.48. The van der Waals surface area contributed by atoms with E-state index in [2.05, 4.69) is 26.0 Å². The number of benzene rings is 1. The number of likely N-dealkylation sites (tertiary alicyclic amines) is 1. The zero-order valence-corrected chi connectivity index (χ0v) is 14.5. The molecule has 1 aromatic rings. The molecule has 1 aliphatic rings. The van der Waals surface area contributed by atoms with Crippen LogP contribution < -0.4 is 4.74 Å². The van der Waals surface area contributed by atoms with Crippen LogP contribution in [0.25, 0.3) is 0 Å². The number of carbonyl (C=O) groups excluding carboxylic acids is 2. The molecule has 1 saturated heterocycles. The van der Waals surface area contributed by atoms with Gasteiger partial charge in [-0.25, -0.2) is 0 Å². The number of hydrogen-bond acceptors (Lipinski definition) is 3. The Balaban J connectivity index is 2.03. The third-order valence-corrected chi connectivity index (χ3v) is 4.30. The molecule has 1 aliphatic heterocycles. The smallest absolute Gasteiger partial charge is 0.229 e. The highest BCUT2D eigenvalue weighted by Crippen LogP contribution is 2.30. The van der Waals surface area contributed by atoms with Gasteiger partial charge in [0.05, 0.1) is 6.10 Å². The van der Waals surface area contributed by atoms with Gasteiger partial charge in [0, 0.05) is 19.4 Å². The summed E-state index contributed by atoms with van der Waals surface area (Å²) >= 11 is 0. The maximum atomic E-state index is 11.7. The van der Waals surface area contributed by atoms with Crippen molar-refractivity contribution in [1.29, 1.82) is 0 Å². The Bertz CT molecular complexity index is 532. The maximum Gasteiger partial charge on any atom is 0.229 e. The lowest BCUT2D eigenvalue weighted by Crippen LogP contribution is -2.31. The molecule has 0 N–H and O–H groups in total. The molecule has 1 aromatic carbocycles. The molecule has 1 atom stereocenters. The Morgan fingerprint density at radius 3 is 2.04 bits per heavy atom. The summed E-state index contributed by atoms with van der Waals surface area (Å²) in [5.41, 5.74) is 1.23. The average Bonchev–Trinajstić information content (AvgIpc) is 2.79. The molecule has 2 rings (SSSR count). The van der Waals surface area contributed by atoms with E-state index in [9.17, 15) is 9.59 Å². The summed E-state index contributed by atoms with van der Waals surface area (Å²) in [6.45, 7) is 8.89. The lowest BCUT2D eigenvalue weighted by atomic mass is 9.85. The molecule has 4 nitrogen and oxygen atoms in total. The Labute approximate surface area is 138 Å². The van der Waals surface area contributed by atoms with Crippen LogP contribution in [0.5, 0.6) is 5.75 Å². The predicted molar refractivity (Wildman–Crippen MR) is 90.4 cm³/mol. The highest BCUT2D eigenvalue weighted by Gasteiger charge is 2.29. The fourth-order valence-corrected chi connectivity index (χ4v) is 3.09. The summed E-state index contributed by atoms with van der Waals surface area (Å²) in [5, 5.41) is 0. The topological polar surface area (TPSA) is 46.6 Å². The standard InChI is InChI=1S/C19H27NO3/c1-13(2)17(11-12-20-18(21)9-10-19(20)22)15-5-7-16(8-6-15)23-14(3)4/h5-8,13-14,17H,9-12H2,1-4H3/t17-/m1/s1. The summed E-state index contributed by atoms with van der Waals surface area (Å²) in [6.07, 6.45) is 1.70. The summed E-state index contributed by atoms with van der Waals surface area (Å²) in [5.74, 6) is 1.58. The fraction of sp³-hybridized carbons (Fsp3) is 0.579. The normalized spacial score (nSPS) is 16.5. The first-order chi connectivity index (χ1) is 10.9. The van der Waals surface area contributed by atoms with Gasteiger partial charge in [-0.2, -0.15) is 0 Å². The first-order valence-corrected chi connectivity index (χ1v) is 8.48. The van der Waals surface area contributed by atoms with E-state index in [1.54, 1.807) is 0 Å². The number of amides is 2. The van der Waals surface area contributed by atoms with E-state index < -0.39 is 0 Å². The van der Waals surface area contributed by atoms with Crippen LogP contribution in [-0.2, 0) is 9.59 Å². The molecule has 4 heteroatoms. The molecule has 126 valence electrons. The largest absolute Gasteiger partial charge is 0.491 e. The molecule has 0 aromatic heterocycles. The maximum absolute atomic E-state index is 11.7. The van der Waals surface area contributed by atoms with Crippen LogP contribution in [-0.4, -0.2) is 29.4 Å². The van der Waals surface area contributed by atoms with Gasteiger partial charge in [-0.15, -0.1) is 0 Å². The van der Waals surface area contributed by atoms with Crippen LogP contribution in [0.3, 0.4) is 0 Å². The molecule has 1 fully saturated rings. The fourth-order valence-electron chi connectivity index (χ4n) is 3.09. The number of hydrogen-bond donors (Lipinski definition) is 0. The van der Waals surface area contributed by atoms with E-state index in [1.807, 2.05) is 26.0 Å². The van der Waals surface area contributed by atoms with Crippen molar-refractivity contribution in [1.82, 2.24) is 4.90 Å². The number of ether oxygens (including phenoxy) is 1. The minimum Gasteiger partial charge on any atom is -0.491 e. The third-order valence-electron chi connectivity index (χ3n) is 4.30. The molecule has 0 unspecified atom stereocenters. The molecule has 0 radical (unpaired) electrons. The average molecular weight is 317 g/mol. The number of carbonyl (C=O) groups is 2. The van der Waals surface area contributed by atoms with E-state index in [-0.39, 0.29) is 17.9 Å². The summed E-state index contributed by atoms with van der Waals surface area (Å²) < 4.78 is 5.68. The minimum absolute atomic E-state index is 0.0295. The van der Waals surface area contributed by atoms with Crippen LogP contribution in [0.15, 0.2) is 24.3 Å². The molecule has 2 amide bonds. The van der Waals surface area contributed by atoms with E-state index in [0.717, 1.165) is 12.2 Å². The Hall–Kier alpha value is -1.84. The lowest BCUT2D eigenvalue weighted by Gasteiger charge is -2.24. The van der Waals surface area contributed by atoms with E-state index >= 15 is 0 Å². The van der Waals surface area contributed by atoms with Gasteiger partial charge in [0.1, 0.15) is 5.75 Å². The van der Waals surface area contributed by atoms with Gasteiger partial charge >= 0.3 is 0 Å². The van der Waals surface area contributed by atoms with Crippen molar-refractivity contribution in [2.75, 3.05) is 6.54 Å². The second kappa shape index (κ2) is 7.62. The van der Waals surface area contributed by atoms with Crippen molar-refractivity contribution in [3.63, 3.8) is 0 Å². The number of rotatable bonds is 7. The monoisotopic (exact) mass is 317 g/mol. The minimum atomic E-state index is -0.0295. The summed E-state index contributed by atoms with van der Waals surface area (Å²) in [6, 6.07) is 8.18. The SMILES string of the molecule is CC(C)Oc1ccc([C@H](CCN2C(=O)CCC2=O)C(C)C)cc1. The van der Waals surface area contributed by atoms with Crippen molar-refractivity contribution in [3.05, 3.63) is 29.8 Å².